The Balaban J connectivity index is 2.07. The van der Waals surface area contributed by atoms with Crippen molar-refractivity contribution in [3.8, 4) is 0 Å². The molecule has 1 aromatic carbocycles. The Hall–Kier alpha value is -1.13. The van der Waals surface area contributed by atoms with Crippen molar-refractivity contribution in [1.82, 2.24) is 5.32 Å². The van der Waals surface area contributed by atoms with Gasteiger partial charge in [0.1, 0.15) is 5.82 Å². The molecule has 0 heterocycles. The maximum absolute atomic E-state index is 13.5. The van der Waals surface area contributed by atoms with E-state index in [4.69, 9.17) is 11.6 Å². The zero-order valence-corrected chi connectivity index (χ0v) is 10.6. The van der Waals surface area contributed by atoms with Crippen LogP contribution in [0.25, 0.3) is 0 Å². The van der Waals surface area contributed by atoms with Gasteiger partial charge in [0.2, 0.25) is 0 Å². The highest BCUT2D eigenvalue weighted by atomic mass is 35.5. The molecule has 2 N–H and O–H groups in total. The van der Waals surface area contributed by atoms with Gasteiger partial charge in [-0.1, -0.05) is 24.4 Å². The summed E-state index contributed by atoms with van der Waals surface area (Å²) in [5.74, 6) is -1.15. The molecule has 1 aromatic rings. The number of halogens is 2. The van der Waals surface area contributed by atoms with E-state index in [9.17, 15) is 14.3 Å². The van der Waals surface area contributed by atoms with E-state index < -0.39 is 17.8 Å². The summed E-state index contributed by atoms with van der Waals surface area (Å²) in [4.78, 5) is 11.9. The van der Waals surface area contributed by atoms with Crippen LogP contribution >= 0.6 is 11.6 Å². The summed E-state index contributed by atoms with van der Waals surface area (Å²) in [5, 5.41) is 12.7. The molecule has 0 spiro atoms. The number of hydrogen-bond donors (Lipinski definition) is 2. The van der Waals surface area contributed by atoms with Crippen LogP contribution in [0, 0.1) is 5.82 Å². The summed E-state index contributed by atoms with van der Waals surface area (Å²) in [6.07, 6.45) is 2.78. The van der Waals surface area contributed by atoms with Gasteiger partial charge < -0.3 is 10.4 Å². The quantitative estimate of drug-likeness (QED) is 0.868. The standard InChI is InChI=1S/C13H15ClFNO2/c14-8-5-6-9(10(15)7-8)13(18)16-11-3-1-2-4-12(11)17/h5-7,11-12,17H,1-4H2,(H,16,18). The van der Waals surface area contributed by atoms with Gasteiger partial charge in [0.25, 0.3) is 5.91 Å². The molecule has 1 saturated carbocycles. The minimum atomic E-state index is -0.648. The van der Waals surface area contributed by atoms with E-state index in [0.717, 1.165) is 25.3 Å². The maximum Gasteiger partial charge on any atom is 0.254 e. The SMILES string of the molecule is O=C(NC1CCCCC1O)c1ccc(Cl)cc1F. The number of hydrogen-bond acceptors (Lipinski definition) is 2. The average molecular weight is 272 g/mol. The fraction of sp³-hybridized carbons (Fsp3) is 0.462. The molecule has 1 aliphatic carbocycles. The molecule has 1 amide bonds. The first-order valence-electron chi connectivity index (χ1n) is 6.02. The summed E-state index contributed by atoms with van der Waals surface area (Å²) in [6, 6.07) is 3.63. The molecule has 0 aromatic heterocycles. The first kappa shape index (κ1) is 13.3. The molecule has 98 valence electrons. The van der Waals surface area contributed by atoms with Crippen molar-refractivity contribution in [2.24, 2.45) is 0 Å². The summed E-state index contributed by atoms with van der Waals surface area (Å²) in [5.41, 5.74) is -0.0443. The molecule has 0 aliphatic heterocycles. The third kappa shape index (κ3) is 3.00. The Kier molecular flexibility index (Phi) is 4.19. The average Bonchev–Trinajstić information content (AvgIpc) is 2.32. The van der Waals surface area contributed by atoms with Gasteiger partial charge in [0.15, 0.2) is 0 Å². The van der Waals surface area contributed by atoms with Crippen LogP contribution < -0.4 is 5.32 Å². The van der Waals surface area contributed by atoms with Gasteiger partial charge in [-0.15, -0.1) is 0 Å². The lowest BCUT2D eigenvalue weighted by atomic mass is 9.92. The molecular weight excluding hydrogens is 257 g/mol. The van der Waals surface area contributed by atoms with Crippen LogP contribution in [0.15, 0.2) is 18.2 Å². The number of aliphatic hydroxyl groups is 1. The number of carbonyl (C=O) groups excluding carboxylic acids is 1. The van der Waals surface area contributed by atoms with Crippen LogP contribution in [-0.2, 0) is 0 Å². The van der Waals surface area contributed by atoms with Crippen LogP contribution in [0.5, 0.6) is 0 Å². The van der Waals surface area contributed by atoms with Gasteiger partial charge in [-0.2, -0.15) is 0 Å². The topological polar surface area (TPSA) is 49.3 Å². The second kappa shape index (κ2) is 5.67. The molecule has 0 saturated heterocycles. The van der Waals surface area contributed by atoms with E-state index >= 15 is 0 Å². The monoisotopic (exact) mass is 271 g/mol. The van der Waals surface area contributed by atoms with Crippen LogP contribution in [0.3, 0.4) is 0 Å². The number of benzene rings is 1. The van der Waals surface area contributed by atoms with Crippen molar-refractivity contribution in [2.45, 2.75) is 37.8 Å². The Labute approximate surface area is 110 Å². The van der Waals surface area contributed by atoms with Crippen molar-refractivity contribution in [1.29, 1.82) is 0 Å². The highest BCUT2D eigenvalue weighted by Crippen LogP contribution is 2.20. The number of amides is 1. The predicted octanol–water partition coefficient (Wildman–Crippen LogP) is 2.51. The van der Waals surface area contributed by atoms with Crippen LogP contribution in [-0.4, -0.2) is 23.2 Å². The summed E-state index contributed by atoms with van der Waals surface area (Å²) < 4.78 is 13.5. The van der Waals surface area contributed by atoms with E-state index in [-0.39, 0.29) is 16.6 Å². The molecule has 2 unspecified atom stereocenters. The Bertz CT molecular complexity index is 453. The largest absolute Gasteiger partial charge is 0.391 e. The third-order valence-electron chi connectivity index (χ3n) is 3.22. The zero-order chi connectivity index (χ0) is 13.1. The minimum Gasteiger partial charge on any atom is -0.391 e. The molecule has 0 bridgehead atoms. The van der Waals surface area contributed by atoms with E-state index in [1.165, 1.54) is 12.1 Å². The van der Waals surface area contributed by atoms with Crippen LogP contribution in [0.1, 0.15) is 36.0 Å². The second-order valence-electron chi connectivity index (χ2n) is 4.56. The number of rotatable bonds is 2. The van der Waals surface area contributed by atoms with Gasteiger partial charge in [-0.3, -0.25) is 4.79 Å². The maximum atomic E-state index is 13.5. The zero-order valence-electron chi connectivity index (χ0n) is 9.83. The van der Waals surface area contributed by atoms with E-state index in [1.54, 1.807) is 0 Å². The van der Waals surface area contributed by atoms with Crippen molar-refractivity contribution in [2.75, 3.05) is 0 Å². The fourth-order valence-corrected chi connectivity index (χ4v) is 2.36. The normalized spacial score (nSPS) is 23.7. The highest BCUT2D eigenvalue weighted by Gasteiger charge is 2.25. The molecule has 18 heavy (non-hydrogen) atoms. The lowest BCUT2D eigenvalue weighted by Gasteiger charge is -2.28. The van der Waals surface area contributed by atoms with E-state index in [0.29, 0.717) is 6.42 Å². The van der Waals surface area contributed by atoms with Gasteiger partial charge in [0.05, 0.1) is 17.7 Å². The van der Waals surface area contributed by atoms with Crippen molar-refractivity contribution in [3.63, 3.8) is 0 Å². The molecule has 5 heteroatoms. The smallest absolute Gasteiger partial charge is 0.254 e. The second-order valence-corrected chi connectivity index (χ2v) is 4.99. The van der Waals surface area contributed by atoms with Crippen molar-refractivity contribution < 1.29 is 14.3 Å². The van der Waals surface area contributed by atoms with Gasteiger partial charge in [0, 0.05) is 5.02 Å². The third-order valence-corrected chi connectivity index (χ3v) is 3.46. The fourth-order valence-electron chi connectivity index (χ4n) is 2.20. The first-order chi connectivity index (χ1) is 8.58. The van der Waals surface area contributed by atoms with Gasteiger partial charge >= 0.3 is 0 Å². The highest BCUT2D eigenvalue weighted by molar-refractivity contribution is 6.30. The summed E-state index contributed by atoms with van der Waals surface area (Å²) >= 11 is 5.62. The number of carbonyl (C=O) groups is 1. The molecular formula is C13H15ClFNO2. The minimum absolute atomic E-state index is 0.0443. The number of nitrogens with one attached hydrogen (secondary N) is 1. The molecule has 0 radical (unpaired) electrons. The Morgan fingerprint density at radius 3 is 2.78 bits per heavy atom. The molecule has 1 aliphatic rings. The van der Waals surface area contributed by atoms with Crippen LogP contribution in [0.4, 0.5) is 4.39 Å². The molecule has 3 nitrogen and oxygen atoms in total. The lowest BCUT2D eigenvalue weighted by Crippen LogP contribution is -2.45. The van der Waals surface area contributed by atoms with Crippen LogP contribution in [0.2, 0.25) is 5.02 Å². The Morgan fingerprint density at radius 1 is 1.39 bits per heavy atom. The van der Waals surface area contributed by atoms with E-state index in [1.807, 2.05) is 0 Å². The summed E-state index contributed by atoms with van der Waals surface area (Å²) in [7, 11) is 0. The van der Waals surface area contributed by atoms with Crippen molar-refractivity contribution >= 4 is 17.5 Å². The molecule has 2 atom stereocenters. The van der Waals surface area contributed by atoms with Gasteiger partial charge in [-0.05, 0) is 31.0 Å². The van der Waals surface area contributed by atoms with Gasteiger partial charge in [-0.25, -0.2) is 4.39 Å². The predicted molar refractivity (Wildman–Crippen MR) is 67.1 cm³/mol. The lowest BCUT2D eigenvalue weighted by molar-refractivity contribution is 0.0714. The Morgan fingerprint density at radius 2 is 2.11 bits per heavy atom. The molecule has 2 rings (SSSR count). The van der Waals surface area contributed by atoms with Crippen molar-refractivity contribution in [3.05, 3.63) is 34.6 Å². The number of aliphatic hydroxyl groups excluding tert-OH is 1. The first-order valence-corrected chi connectivity index (χ1v) is 6.39. The van der Waals surface area contributed by atoms with E-state index in [2.05, 4.69) is 5.32 Å². The molecule has 1 fully saturated rings. The summed E-state index contributed by atoms with van der Waals surface area (Å²) in [6.45, 7) is 0.